The fraction of sp³-hybridized carbons (Fsp3) is 0.364. The van der Waals surface area contributed by atoms with Crippen molar-refractivity contribution in [1.82, 2.24) is 5.32 Å². The minimum absolute atomic E-state index is 0.158. The van der Waals surface area contributed by atoms with Crippen LogP contribution in [0.2, 0.25) is 0 Å². The number of nitrogens with two attached hydrogens (primary N) is 1. The summed E-state index contributed by atoms with van der Waals surface area (Å²) in [5, 5.41) is 19.3. The number of carboxylic acid groups (broad SMARTS) is 1. The molecule has 2 aromatic rings. The molecule has 2 amide bonds. The first-order valence-electron chi connectivity index (χ1n) is 9.64. The Labute approximate surface area is 169 Å². The van der Waals surface area contributed by atoms with E-state index in [1.165, 1.54) is 49.8 Å². The lowest BCUT2D eigenvalue weighted by Gasteiger charge is -2.21. The van der Waals surface area contributed by atoms with E-state index >= 15 is 0 Å². The fourth-order valence-corrected chi connectivity index (χ4v) is 3.43. The van der Waals surface area contributed by atoms with Crippen LogP contribution in [-0.2, 0) is 11.4 Å². The molecule has 1 aliphatic rings. The van der Waals surface area contributed by atoms with E-state index in [4.69, 9.17) is 15.9 Å². The molecule has 1 atom stereocenters. The summed E-state index contributed by atoms with van der Waals surface area (Å²) in [4.78, 5) is 21.3. The van der Waals surface area contributed by atoms with Crippen molar-refractivity contribution in [2.75, 3.05) is 0 Å². The average Bonchev–Trinajstić information content (AvgIpc) is 2.74. The van der Waals surface area contributed by atoms with E-state index in [9.17, 15) is 14.0 Å². The number of aliphatic hydroxyl groups excluding tert-OH is 1. The lowest BCUT2D eigenvalue weighted by molar-refractivity contribution is -0.120. The van der Waals surface area contributed by atoms with Crippen molar-refractivity contribution in [2.24, 2.45) is 5.73 Å². The Hall–Kier alpha value is -2.93. The lowest BCUT2D eigenvalue weighted by Crippen LogP contribution is -2.36. The quantitative estimate of drug-likeness (QED) is 0.608. The van der Waals surface area contributed by atoms with Crippen LogP contribution in [0.5, 0.6) is 0 Å². The number of benzene rings is 2. The second kappa shape index (κ2) is 11.2. The Morgan fingerprint density at radius 2 is 1.62 bits per heavy atom. The van der Waals surface area contributed by atoms with Crippen LogP contribution in [0.25, 0.3) is 0 Å². The zero-order valence-electron chi connectivity index (χ0n) is 16.2. The van der Waals surface area contributed by atoms with Gasteiger partial charge in [0.25, 0.3) is 0 Å². The first-order chi connectivity index (χ1) is 13.9. The molecule has 0 spiro atoms. The van der Waals surface area contributed by atoms with Gasteiger partial charge in [-0.2, -0.15) is 0 Å². The number of carbonyl (C=O) groups excluding carboxylic acids is 1. The average molecular weight is 402 g/mol. The van der Waals surface area contributed by atoms with Gasteiger partial charge in [0, 0.05) is 0 Å². The molecule has 0 aliphatic heterocycles. The Balaban J connectivity index is 0.000000207. The van der Waals surface area contributed by atoms with Gasteiger partial charge >= 0.3 is 6.09 Å². The zero-order chi connectivity index (χ0) is 21.2. The lowest BCUT2D eigenvalue weighted by atomic mass is 9.84. The molecule has 3 rings (SSSR count). The highest BCUT2D eigenvalue weighted by atomic mass is 19.1. The first-order valence-corrected chi connectivity index (χ1v) is 9.64. The predicted octanol–water partition coefficient (Wildman–Crippen LogP) is 3.85. The number of primary amides is 1. The Bertz CT molecular complexity index is 787. The summed E-state index contributed by atoms with van der Waals surface area (Å²) >= 11 is 0. The molecule has 0 bridgehead atoms. The van der Waals surface area contributed by atoms with Gasteiger partial charge < -0.3 is 21.3 Å². The molecule has 156 valence electrons. The van der Waals surface area contributed by atoms with Crippen LogP contribution >= 0.6 is 0 Å². The first kappa shape index (κ1) is 22.4. The molecule has 6 nitrogen and oxygen atoms in total. The highest BCUT2D eigenvalue weighted by Crippen LogP contribution is 2.32. The second-order valence-corrected chi connectivity index (χ2v) is 7.07. The highest BCUT2D eigenvalue weighted by Gasteiger charge is 2.19. The summed E-state index contributed by atoms with van der Waals surface area (Å²) in [5.74, 6) is -0.544. The van der Waals surface area contributed by atoms with E-state index in [1.54, 1.807) is 0 Å². The number of amides is 2. The monoisotopic (exact) mass is 402 g/mol. The molecule has 29 heavy (non-hydrogen) atoms. The Kier molecular flexibility index (Phi) is 8.61. The number of rotatable bonds is 5. The molecule has 7 heteroatoms. The molecule has 2 aromatic carbocycles. The molecule has 1 saturated carbocycles. The van der Waals surface area contributed by atoms with E-state index in [0.717, 1.165) is 23.6 Å². The van der Waals surface area contributed by atoms with Crippen LogP contribution in [0.1, 0.15) is 60.8 Å². The van der Waals surface area contributed by atoms with Crippen molar-refractivity contribution >= 4 is 12.0 Å². The third-order valence-electron chi connectivity index (χ3n) is 4.99. The van der Waals surface area contributed by atoms with Gasteiger partial charge in [0.1, 0.15) is 11.9 Å². The normalized spacial score (nSPS) is 15.0. The third kappa shape index (κ3) is 7.19. The van der Waals surface area contributed by atoms with Crippen molar-refractivity contribution in [2.45, 2.75) is 50.7 Å². The fourth-order valence-electron chi connectivity index (χ4n) is 3.43. The van der Waals surface area contributed by atoms with Crippen molar-refractivity contribution < 1.29 is 24.2 Å². The summed E-state index contributed by atoms with van der Waals surface area (Å²) in [6, 6.07) is 12.1. The zero-order valence-corrected chi connectivity index (χ0v) is 16.2. The largest absolute Gasteiger partial charge is 0.465 e. The molecule has 5 N–H and O–H groups in total. The summed E-state index contributed by atoms with van der Waals surface area (Å²) in [6.07, 6.45) is 5.49. The van der Waals surface area contributed by atoms with Crippen molar-refractivity contribution in [3.05, 3.63) is 71.0 Å². The second-order valence-electron chi connectivity index (χ2n) is 7.07. The molecule has 0 radical (unpaired) electrons. The smallest absolute Gasteiger partial charge is 0.405 e. The molecule has 0 saturated heterocycles. The SMILES string of the molecule is NC(=O)[C@@H](NC(=O)O)c1ccc(F)cc1.OCc1ccc(C2CCCCC2)cc1. The Morgan fingerprint density at radius 1 is 1.03 bits per heavy atom. The predicted molar refractivity (Wildman–Crippen MR) is 108 cm³/mol. The van der Waals surface area contributed by atoms with Crippen LogP contribution in [0.15, 0.2) is 48.5 Å². The van der Waals surface area contributed by atoms with Crippen molar-refractivity contribution in [3.63, 3.8) is 0 Å². The van der Waals surface area contributed by atoms with Gasteiger partial charge in [-0.3, -0.25) is 4.79 Å². The topological polar surface area (TPSA) is 113 Å². The minimum atomic E-state index is -1.37. The number of halogens is 1. The van der Waals surface area contributed by atoms with Gasteiger partial charge in [0.05, 0.1) is 6.61 Å². The maximum Gasteiger partial charge on any atom is 0.405 e. The van der Waals surface area contributed by atoms with Crippen LogP contribution in [0.4, 0.5) is 9.18 Å². The molecule has 1 fully saturated rings. The minimum Gasteiger partial charge on any atom is -0.465 e. The van der Waals surface area contributed by atoms with E-state index in [0.29, 0.717) is 5.56 Å². The van der Waals surface area contributed by atoms with E-state index in [1.807, 2.05) is 17.4 Å². The number of aliphatic hydroxyl groups is 1. The molecular formula is C22H27FN2O4. The third-order valence-corrected chi connectivity index (χ3v) is 4.99. The van der Waals surface area contributed by atoms with Gasteiger partial charge in [0.2, 0.25) is 5.91 Å². The van der Waals surface area contributed by atoms with Gasteiger partial charge in [0.15, 0.2) is 0 Å². The van der Waals surface area contributed by atoms with E-state index in [-0.39, 0.29) is 6.61 Å². The van der Waals surface area contributed by atoms with E-state index in [2.05, 4.69) is 12.1 Å². The molecule has 0 aromatic heterocycles. The Morgan fingerprint density at radius 3 is 2.10 bits per heavy atom. The number of hydrogen-bond acceptors (Lipinski definition) is 3. The molecule has 0 heterocycles. The maximum atomic E-state index is 12.6. The molecule has 0 unspecified atom stereocenters. The summed E-state index contributed by atoms with van der Waals surface area (Å²) in [7, 11) is 0. The van der Waals surface area contributed by atoms with Crippen molar-refractivity contribution in [1.29, 1.82) is 0 Å². The van der Waals surface area contributed by atoms with Crippen LogP contribution < -0.4 is 11.1 Å². The van der Waals surface area contributed by atoms with Crippen LogP contribution in [0.3, 0.4) is 0 Å². The van der Waals surface area contributed by atoms with Gasteiger partial charge in [-0.15, -0.1) is 0 Å². The number of carbonyl (C=O) groups is 2. The van der Waals surface area contributed by atoms with Crippen molar-refractivity contribution in [3.8, 4) is 0 Å². The van der Waals surface area contributed by atoms with Gasteiger partial charge in [-0.25, -0.2) is 9.18 Å². The standard InChI is InChI=1S/C13H18O.C9H9FN2O3/c14-10-11-6-8-13(9-7-11)12-4-2-1-3-5-12;10-6-3-1-5(2-4-6)7(8(11)13)12-9(14)15/h6-9,12,14H,1-5,10H2;1-4,7,12H,(H2,11,13)(H,14,15)/t;7-/m.0/s1. The summed E-state index contributed by atoms with van der Waals surface area (Å²) in [6.45, 7) is 0.158. The van der Waals surface area contributed by atoms with Crippen LogP contribution in [0, 0.1) is 5.82 Å². The highest BCUT2D eigenvalue weighted by molar-refractivity contribution is 5.85. The van der Waals surface area contributed by atoms with Gasteiger partial charge in [-0.05, 0) is 47.6 Å². The summed E-state index contributed by atoms with van der Waals surface area (Å²) < 4.78 is 12.6. The molecule has 1 aliphatic carbocycles. The molecular weight excluding hydrogens is 375 g/mol. The summed E-state index contributed by atoms with van der Waals surface area (Å²) in [5.41, 5.74) is 7.77. The maximum absolute atomic E-state index is 12.6. The van der Waals surface area contributed by atoms with E-state index < -0.39 is 23.9 Å². The number of nitrogens with one attached hydrogen (secondary N) is 1. The number of hydrogen-bond donors (Lipinski definition) is 4. The van der Waals surface area contributed by atoms with Gasteiger partial charge in [-0.1, -0.05) is 55.7 Å². The van der Waals surface area contributed by atoms with Crippen LogP contribution in [-0.4, -0.2) is 22.2 Å².